The average Bonchev–Trinajstić information content (AvgIpc) is 2.75. The molecule has 0 radical (unpaired) electrons. The van der Waals surface area contributed by atoms with Crippen LogP contribution < -0.4 is 0 Å². The second-order valence-corrected chi connectivity index (χ2v) is 15.3. The largest absolute Gasteiger partial charge is 0.444 e. The van der Waals surface area contributed by atoms with E-state index in [0.29, 0.717) is 12.3 Å². The standard InChI is InChI=1S/C18H35NO4SSi/c1-13(20)24-12-14-10-15(23-25(8,9)18(5,6)7)11-19(14)16(21)22-17(2,3)4/h14-15H,10-12H2,1-9H3/t14-,15+/m0/s1. The zero-order valence-electron chi connectivity index (χ0n) is 17.3. The third kappa shape index (κ3) is 6.94. The summed E-state index contributed by atoms with van der Waals surface area (Å²) in [5, 5.41) is 0.189. The zero-order valence-corrected chi connectivity index (χ0v) is 19.1. The number of carbonyl (C=O) groups excluding carboxylic acids is 2. The lowest BCUT2D eigenvalue weighted by atomic mass is 10.2. The lowest BCUT2D eigenvalue weighted by Crippen LogP contribution is -2.45. The van der Waals surface area contributed by atoms with E-state index in [9.17, 15) is 9.59 Å². The molecule has 7 heteroatoms. The molecule has 5 nitrogen and oxygen atoms in total. The van der Waals surface area contributed by atoms with E-state index in [2.05, 4.69) is 33.9 Å². The molecule has 0 aromatic rings. The van der Waals surface area contributed by atoms with Gasteiger partial charge >= 0.3 is 6.09 Å². The summed E-state index contributed by atoms with van der Waals surface area (Å²) in [6.45, 7) is 18.8. The molecule has 1 aliphatic heterocycles. The van der Waals surface area contributed by atoms with Crippen molar-refractivity contribution in [1.29, 1.82) is 0 Å². The minimum Gasteiger partial charge on any atom is -0.444 e. The Kier molecular flexibility index (Phi) is 7.21. The van der Waals surface area contributed by atoms with Crippen LogP contribution in [0.3, 0.4) is 0 Å². The lowest BCUT2D eigenvalue weighted by molar-refractivity contribution is -0.109. The van der Waals surface area contributed by atoms with Crippen molar-refractivity contribution in [1.82, 2.24) is 4.90 Å². The molecule has 0 saturated carbocycles. The fourth-order valence-corrected chi connectivity index (χ4v) is 4.57. The summed E-state index contributed by atoms with van der Waals surface area (Å²) in [6, 6.07) is -0.0291. The molecule has 0 aromatic heterocycles. The van der Waals surface area contributed by atoms with Crippen LogP contribution in [0.15, 0.2) is 0 Å². The summed E-state index contributed by atoms with van der Waals surface area (Å²) in [6.07, 6.45) is 0.445. The Bertz CT molecular complexity index is 496. The van der Waals surface area contributed by atoms with Crippen LogP contribution in [0.25, 0.3) is 0 Å². The van der Waals surface area contributed by atoms with Crippen LogP contribution in [0.4, 0.5) is 4.79 Å². The van der Waals surface area contributed by atoms with Gasteiger partial charge in [-0.25, -0.2) is 4.79 Å². The molecule has 0 aliphatic carbocycles. The molecule has 0 unspecified atom stereocenters. The molecule has 1 heterocycles. The maximum absolute atomic E-state index is 12.6. The van der Waals surface area contributed by atoms with Gasteiger partial charge in [0.1, 0.15) is 5.60 Å². The highest BCUT2D eigenvalue weighted by atomic mass is 32.2. The Morgan fingerprint density at radius 2 is 1.72 bits per heavy atom. The molecule has 1 aliphatic rings. The third-order valence-corrected chi connectivity index (χ3v) is 10.2. The molecule has 2 atom stereocenters. The first-order chi connectivity index (χ1) is 11.1. The van der Waals surface area contributed by atoms with Crippen LogP contribution in [0.5, 0.6) is 0 Å². The number of hydrogen-bond acceptors (Lipinski definition) is 5. The summed E-state index contributed by atoms with van der Waals surface area (Å²) in [7, 11) is -1.91. The summed E-state index contributed by atoms with van der Waals surface area (Å²) >= 11 is 1.26. The van der Waals surface area contributed by atoms with Crippen LogP contribution in [0, 0.1) is 0 Å². The minimum atomic E-state index is -1.91. The van der Waals surface area contributed by atoms with Gasteiger partial charge in [0.15, 0.2) is 13.4 Å². The van der Waals surface area contributed by atoms with E-state index in [-0.39, 0.29) is 28.4 Å². The van der Waals surface area contributed by atoms with Crippen molar-refractivity contribution in [3.63, 3.8) is 0 Å². The Morgan fingerprint density at radius 1 is 1.16 bits per heavy atom. The van der Waals surface area contributed by atoms with Gasteiger partial charge in [0, 0.05) is 25.3 Å². The summed E-state index contributed by atoms with van der Waals surface area (Å²) in [5.74, 6) is 0.589. The predicted molar refractivity (Wildman–Crippen MR) is 107 cm³/mol. The van der Waals surface area contributed by atoms with E-state index in [1.165, 1.54) is 11.8 Å². The quantitative estimate of drug-likeness (QED) is 0.654. The van der Waals surface area contributed by atoms with Gasteiger partial charge in [0.2, 0.25) is 0 Å². The van der Waals surface area contributed by atoms with Crippen LogP contribution in [-0.4, -0.2) is 54.5 Å². The zero-order chi connectivity index (χ0) is 19.6. The van der Waals surface area contributed by atoms with Gasteiger partial charge < -0.3 is 14.1 Å². The summed E-state index contributed by atoms with van der Waals surface area (Å²) in [4.78, 5) is 25.7. The molecule has 1 saturated heterocycles. The number of ether oxygens (including phenoxy) is 1. The number of amides is 1. The Hall–Kier alpha value is -0.533. The number of nitrogens with zero attached hydrogens (tertiary/aromatic N) is 1. The van der Waals surface area contributed by atoms with Crippen molar-refractivity contribution in [2.24, 2.45) is 0 Å². The number of thioether (sulfide) groups is 1. The first-order valence-electron chi connectivity index (χ1n) is 8.93. The first kappa shape index (κ1) is 22.5. The molecule has 0 spiro atoms. The number of likely N-dealkylation sites (tertiary alicyclic amines) is 1. The molecular formula is C18H35NO4SSi. The smallest absolute Gasteiger partial charge is 0.410 e. The summed E-state index contributed by atoms with van der Waals surface area (Å²) in [5.41, 5.74) is -0.534. The van der Waals surface area contributed by atoms with Gasteiger partial charge in [-0.3, -0.25) is 4.79 Å². The van der Waals surface area contributed by atoms with Gasteiger partial charge in [-0.05, 0) is 45.3 Å². The van der Waals surface area contributed by atoms with E-state index >= 15 is 0 Å². The molecule has 146 valence electrons. The molecule has 1 fully saturated rings. The third-order valence-electron chi connectivity index (χ3n) is 4.75. The van der Waals surface area contributed by atoms with Crippen LogP contribution in [0.2, 0.25) is 18.1 Å². The van der Waals surface area contributed by atoms with Crippen LogP contribution in [-0.2, 0) is 14.0 Å². The molecule has 1 rings (SSSR count). The maximum atomic E-state index is 12.6. The predicted octanol–water partition coefficient (Wildman–Crippen LogP) is 4.67. The second-order valence-electron chi connectivity index (χ2n) is 9.32. The van der Waals surface area contributed by atoms with Gasteiger partial charge in [-0.1, -0.05) is 32.5 Å². The number of rotatable bonds is 4. The maximum Gasteiger partial charge on any atom is 0.410 e. The topological polar surface area (TPSA) is 55.8 Å². The lowest BCUT2D eigenvalue weighted by Gasteiger charge is -2.38. The van der Waals surface area contributed by atoms with Crippen molar-refractivity contribution in [3.8, 4) is 0 Å². The molecule has 0 aromatic carbocycles. The molecule has 0 bridgehead atoms. The van der Waals surface area contributed by atoms with Gasteiger partial charge in [0.25, 0.3) is 0 Å². The van der Waals surface area contributed by atoms with E-state index in [4.69, 9.17) is 9.16 Å². The monoisotopic (exact) mass is 389 g/mol. The molecular weight excluding hydrogens is 354 g/mol. The number of hydrogen-bond donors (Lipinski definition) is 0. The van der Waals surface area contributed by atoms with Gasteiger partial charge in [0.05, 0.1) is 6.10 Å². The molecule has 1 amide bonds. The van der Waals surface area contributed by atoms with Crippen molar-refractivity contribution in [3.05, 3.63) is 0 Å². The highest BCUT2D eigenvalue weighted by Crippen LogP contribution is 2.39. The van der Waals surface area contributed by atoms with Crippen molar-refractivity contribution < 1.29 is 18.8 Å². The van der Waals surface area contributed by atoms with Crippen molar-refractivity contribution in [2.45, 2.75) is 90.8 Å². The molecule has 0 N–H and O–H groups in total. The Balaban J connectivity index is 2.86. The van der Waals surface area contributed by atoms with Gasteiger partial charge in [-0.2, -0.15) is 0 Å². The average molecular weight is 390 g/mol. The van der Waals surface area contributed by atoms with E-state index < -0.39 is 13.9 Å². The van der Waals surface area contributed by atoms with Crippen LogP contribution in [0.1, 0.15) is 54.9 Å². The second kappa shape index (κ2) is 8.01. The van der Waals surface area contributed by atoms with Gasteiger partial charge in [-0.15, -0.1) is 0 Å². The van der Waals surface area contributed by atoms with Crippen molar-refractivity contribution in [2.75, 3.05) is 12.3 Å². The van der Waals surface area contributed by atoms with E-state index in [0.717, 1.165) is 6.42 Å². The highest BCUT2D eigenvalue weighted by molar-refractivity contribution is 8.13. The van der Waals surface area contributed by atoms with E-state index in [1.54, 1.807) is 11.8 Å². The fourth-order valence-electron chi connectivity index (χ4n) is 2.47. The first-order valence-corrected chi connectivity index (χ1v) is 12.8. The minimum absolute atomic E-state index is 0.00553. The SMILES string of the molecule is CC(=O)SC[C@@H]1C[C@@H](O[Si](C)(C)C(C)(C)C)CN1C(=O)OC(C)(C)C. The highest BCUT2D eigenvalue weighted by Gasteiger charge is 2.44. The Morgan fingerprint density at radius 3 is 2.16 bits per heavy atom. The molecule has 25 heavy (non-hydrogen) atoms. The van der Waals surface area contributed by atoms with Crippen molar-refractivity contribution >= 4 is 31.3 Å². The normalized spacial score (nSPS) is 22.2. The fraction of sp³-hybridized carbons (Fsp3) is 0.889. The summed E-state index contributed by atoms with van der Waals surface area (Å²) < 4.78 is 12.1. The number of carbonyl (C=O) groups is 2. The Labute approximate surface area is 158 Å². The van der Waals surface area contributed by atoms with Crippen LogP contribution >= 0.6 is 11.8 Å². The van der Waals surface area contributed by atoms with E-state index in [1.807, 2.05) is 20.8 Å².